The first-order valence-electron chi connectivity index (χ1n) is 6.81. The van der Waals surface area contributed by atoms with Crippen molar-refractivity contribution in [2.45, 2.75) is 6.92 Å². The van der Waals surface area contributed by atoms with Crippen molar-refractivity contribution < 1.29 is 4.79 Å². The summed E-state index contributed by atoms with van der Waals surface area (Å²) in [5.74, 6) is -0.232. The number of H-pyrrole nitrogens is 1. The van der Waals surface area contributed by atoms with Crippen LogP contribution in [0.25, 0.3) is 11.3 Å². The van der Waals surface area contributed by atoms with Gasteiger partial charge in [-0.25, -0.2) is 0 Å². The molecule has 5 heteroatoms. The molecule has 0 saturated carbocycles. The zero-order valence-electron chi connectivity index (χ0n) is 11.9. The van der Waals surface area contributed by atoms with Crippen LogP contribution in [0.4, 0.5) is 5.69 Å². The Morgan fingerprint density at radius 2 is 1.91 bits per heavy atom. The molecule has 2 N–H and O–H groups in total. The molecule has 1 aromatic heterocycles. The van der Waals surface area contributed by atoms with E-state index >= 15 is 0 Å². The number of carbonyl (C=O) groups excluding carboxylic acids is 1. The van der Waals surface area contributed by atoms with Gasteiger partial charge in [0.2, 0.25) is 0 Å². The molecular weight excluding hydrogens is 298 g/mol. The van der Waals surface area contributed by atoms with Gasteiger partial charge in [0.25, 0.3) is 5.91 Å². The van der Waals surface area contributed by atoms with Gasteiger partial charge in [0.05, 0.1) is 5.69 Å². The quantitative estimate of drug-likeness (QED) is 0.758. The number of benzene rings is 2. The average molecular weight is 312 g/mol. The Labute approximate surface area is 133 Å². The fraction of sp³-hybridized carbons (Fsp3) is 0.0588. The van der Waals surface area contributed by atoms with Crippen LogP contribution in [-0.4, -0.2) is 16.1 Å². The highest BCUT2D eigenvalue weighted by Gasteiger charge is 2.11. The lowest BCUT2D eigenvalue weighted by molar-refractivity contribution is 0.102. The fourth-order valence-electron chi connectivity index (χ4n) is 2.07. The molecule has 2 aromatic carbocycles. The Morgan fingerprint density at radius 3 is 2.64 bits per heavy atom. The number of halogens is 1. The van der Waals surface area contributed by atoms with Crippen molar-refractivity contribution in [1.82, 2.24) is 10.2 Å². The third-order valence-corrected chi connectivity index (χ3v) is 3.49. The number of rotatable bonds is 3. The maximum atomic E-state index is 12.2. The number of amides is 1. The van der Waals surface area contributed by atoms with E-state index in [0.29, 0.717) is 16.4 Å². The molecule has 0 saturated heterocycles. The van der Waals surface area contributed by atoms with Crippen LogP contribution < -0.4 is 5.32 Å². The second kappa shape index (κ2) is 6.03. The third-order valence-electron chi connectivity index (χ3n) is 3.25. The lowest BCUT2D eigenvalue weighted by Crippen LogP contribution is -2.12. The molecule has 1 amide bonds. The number of aryl methyl sites for hydroxylation is 1. The highest BCUT2D eigenvalue weighted by molar-refractivity contribution is 6.30. The smallest absolute Gasteiger partial charge is 0.273 e. The Hall–Kier alpha value is -2.59. The van der Waals surface area contributed by atoms with Gasteiger partial charge in [0.15, 0.2) is 0 Å². The van der Waals surface area contributed by atoms with Crippen LogP contribution in [0.15, 0.2) is 54.6 Å². The van der Waals surface area contributed by atoms with Crippen molar-refractivity contribution in [2.24, 2.45) is 0 Å². The van der Waals surface area contributed by atoms with Gasteiger partial charge >= 0.3 is 0 Å². The topological polar surface area (TPSA) is 57.8 Å². The highest BCUT2D eigenvalue weighted by atomic mass is 35.5. The molecule has 0 spiro atoms. The average Bonchev–Trinajstić information content (AvgIpc) is 3.00. The van der Waals surface area contributed by atoms with Crippen LogP contribution in [-0.2, 0) is 0 Å². The summed E-state index contributed by atoms with van der Waals surface area (Å²) in [5, 5.41) is 10.4. The van der Waals surface area contributed by atoms with Crippen LogP contribution in [0.1, 0.15) is 16.1 Å². The SMILES string of the molecule is Cc1ccc(NC(=O)c2cc(-c3cccc(Cl)c3)n[nH]2)cc1. The summed E-state index contributed by atoms with van der Waals surface area (Å²) in [6, 6.07) is 16.7. The third kappa shape index (κ3) is 3.18. The Balaban J connectivity index is 1.78. The standard InChI is InChI=1S/C17H14ClN3O/c1-11-5-7-14(8-6-11)19-17(22)16-10-15(20-21-16)12-3-2-4-13(18)9-12/h2-10H,1H3,(H,19,22)(H,20,21). The van der Waals surface area contributed by atoms with Gasteiger partial charge in [0.1, 0.15) is 5.69 Å². The highest BCUT2D eigenvalue weighted by Crippen LogP contribution is 2.21. The first-order valence-corrected chi connectivity index (χ1v) is 7.19. The second-order valence-electron chi connectivity index (χ2n) is 5.00. The van der Waals surface area contributed by atoms with Crippen molar-refractivity contribution >= 4 is 23.2 Å². The summed E-state index contributed by atoms with van der Waals surface area (Å²) in [6.45, 7) is 2.00. The summed E-state index contributed by atoms with van der Waals surface area (Å²) in [7, 11) is 0. The minimum Gasteiger partial charge on any atom is -0.321 e. The van der Waals surface area contributed by atoms with E-state index in [9.17, 15) is 4.79 Å². The lowest BCUT2D eigenvalue weighted by Gasteiger charge is -2.03. The zero-order valence-corrected chi connectivity index (χ0v) is 12.7. The van der Waals surface area contributed by atoms with Gasteiger partial charge in [-0.2, -0.15) is 5.10 Å². The monoisotopic (exact) mass is 311 g/mol. The Bertz CT molecular complexity index is 809. The molecule has 110 valence electrons. The summed E-state index contributed by atoms with van der Waals surface area (Å²) < 4.78 is 0. The molecule has 0 aliphatic carbocycles. The number of aromatic nitrogens is 2. The van der Waals surface area contributed by atoms with Gasteiger partial charge in [-0.15, -0.1) is 0 Å². The molecule has 4 nitrogen and oxygen atoms in total. The van der Waals surface area contributed by atoms with Crippen molar-refractivity contribution in [3.63, 3.8) is 0 Å². The maximum absolute atomic E-state index is 12.2. The van der Waals surface area contributed by atoms with Crippen molar-refractivity contribution in [2.75, 3.05) is 5.32 Å². The molecule has 0 aliphatic rings. The van der Waals surface area contributed by atoms with Crippen molar-refractivity contribution in [3.05, 3.63) is 70.9 Å². The molecule has 3 rings (SSSR count). The van der Waals surface area contributed by atoms with Gasteiger partial charge in [-0.3, -0.25) is 9.89 Å². The molecule has 0 atom stereocenters. The van der Waals surface area contributed by atoms with Crippen LogP contribution in [0.2, 0.25) is 5.02 Å². The predicted octanol–water partition coefficient (Wildman–Crippen LogP) is 4.29. The van der Waals surface area contributed by atoms with E-state index in [1.807, 2.05) is 43.3 Å². The van der Waals surface area contributed by atoms with Crippen LogP contribution in [0.5, 0.6) is 0 Å². The van der Waals surface area contributed by atoms with E-state index in [0.717, 1.165) is 16.8 Å². The zero-order chi connectivity index (χ0) is 15.5. The molecule has 0 bridgehead atoms. The van der Waals surface area contributed by atoms with E-state index in [1.54, 1.807) is 18.2 Å². The number of nitrogens with zero attached hydrogens (tertiary/aromatic N) is 1. The van der Waals surface area contributed by atoms with Gasteiger partial charge < -0.3 is 5.32 Å². The lowest BCUT2D eigenvalue weighted by atomic mass is 10.1. The minimum atomic E-state index is -0.232. The molecule has 1 heterocycles. The summed E-state index contributed by atoms with van der Waals surface area (Å²) in [5.41, 5.74) is 3.82. The Morgan fingerprint density at radius 1 is 1.14 bits per heavy atom. The number of aromatic amines is 1. The molecular formula is C17H14ClN3O. The fourth-order valence-corrected chi connectivity index (χ4v) is 2.26. The number of anilines is 1. The molecule has 0 fully saturated rings. The molecule has 0 radical (unpaired) electrons. The van der Waals surface area contributed by atoms with Gasteiger partial charge in [-0.05, 0) is 37.3 Å². The summed E-state index contributed by atoms with van der Waals surface area (Å²) in [4.78, 5) is 12.2. The molecule has 22 heavy (non-hydrogen) atoms. The molecule has 0 unspecified atom stereocenters. The number of hydrogen-bond acceptors (Lipinski definition) is 2. The second-order valence-corrected chi connectivity index (χ2v) is 5.43. The first-order chi connectivity index (χ1) is 10.6. The Kier molecular flexibility index (Phi) is 3.94. The summed E-state index contributed by atoms with van der Waals surface area (Å²) in [6.07, 6.45) is 0. The maximum Gasteiger partial charge on any atom is 0.273 e. The number of nitrogens with one attached hydrogen (secondary N) is 2. The van der Waals surface area contributed by atoms with E-state index in [2.05, 4.69) is 15.5 Å². The molecule has 0 aliphatic heterocycles. The molecule has 3 aromatic rings. The number of carbonyl (C=O) groups is 1. The van der Waals surface area contributed by atoms with E-state index in [1.165, 1.54) is 0 Å². The van der Waals surface area contributed by atoms with E-state index in [-0.39, 0.29) is 5.91 Å². The minimum absolute atomic E-state index is 0.232. The van der Waals surface area contributed by atoms with E-state index in [4.69, 9.17) is 11.6 Å². The first kappa shape index (κ1) is 14.4. The van der Waals surface area contributed by atoms with Crippen LogP contribution >= 0.6 is 11.6 Å². The van der Waals surface area contributed by atoms with Crippen molar-refractivity contribution in [3.8, 4) is 11.3 Å². The van der Waals surface area contributed by atoms with Gasteiger partial charge in [0, 0.05) is 16.3 Å². The largest absolute Gasteiger partial charge is 0.321 e. The van der Waals surface area contributed by atoms with E-state index < -0.39 is 0 Å². The normalized spacial score (nSPS) is 10.5. The summed E-state index contributed by atoms with van der Waals surface area (Å²) >= 11 is 5.97. The van der Waals surface area contributed by atoms with Gasteiger partial charge in [-0.1, -0.05) is 41.4 Å². The predicted molar refractivity (Wildman–Crippen MR) is 88.2 cm³/mol. The van der Waals surface area contributed by atoms with Crippen LogP contribution in [0, 0.1) is 6.92 Å². The van der Waals surface area contributed by atoms with Crippen LogP contribution in [0.3, 0.4) is 0 Å². The number of hydrogen-bond donors (Lipinski definition) is 2. The van der Waals surface area contributed by atoms with Crippen molar-refractivity contribution in [1.29, 1.82) is 0 Å².